The maximum atomic E-state index is 12.1. The largest absolute Gasteiger partial charge is 0.452 e. The van der Waals surface area contributed by atoms with Gasteiger partial charge in [-0.3, -0.25) is 4.79 Å². The zero-order valence-electron chi connectivity index (χ0n) is 14.7. The van der Waals surface area contributed by atoms with Crippen LogP contribution in [0.15, 0.2) is 60.7 Å². The SMILES string of the molecule is CCC[C@H](NC(=O)COC(=O)/C=C/c1ccc(Cl)cc1)c1ccccc1. The van der Waals surface area contributed by atoms with Gasteiger partial charge in [0.15, 0.2) is 6.61 Å². The average molecular weight is 372 g/mol. The Morgan fingerprint density at radius 3 is 2.46 bits per heavy atom. The van der Waals surface area contributed by atoms with E-state index in [9.17, 15) is 9.59 Å². The van der Waals surface area contributed by atoms with Gasteiger partial charge in [0.1, 0.15) is 0 Å². The first kappa shape index (κ1) is 19.7. The predicted molar refractivity (Wildman–Crippen MR) is 104 cm³/mol. The topological polar surface area (TPSA) is 55.4 Å². The van der Waals surface area contributed by atoms with E-state index in [4.69, 9.17) is 16.3 Å². The monoisotopic (exact) mass is 371 g/mol. The van der Waals surface area contributed by atoms with Crippen LogP contribution >= 0.6 is 11.6 Å². The summed E-state index contributed by atoms with van der Waals surface area (Å²) >= 11 is 5.81. The fourth-order valence-corrected chi connectivity index (χ4v) is 2.58. The van der Waals surface area contributed by atoms with Gasteiger partial charge in [0, 0.05) is 11.1 Å². The maximum absolute atomic E-state index is 12.1. The van der Waals surface area contributed by atoms with Gasteiger partial charge in [-0.05, 0) is 35.8 Å². The highest BCUT2D eigenvalue weighted by atomic mass is 35.5. The molecule has 0 heterocycles. The fraction of sp³-hybridized carbons (Fsp3) is 0.238. The third-order valence-electron chi connectivity index (χ3n) is 3.74. The number of rotatable bonds is 8. The van der Waals surface area contributed by atoms with Gasteiger partial charge in [0.2, 0.25) is 0 Å². The van der Waals surface area contributed by atoms with E-state index in [1.54, 1.807) is 30.3 Å². The van der Waals surface area contributed by atoms with E-state index in [0.29, 0.717) is 5.02 Å². The molecule has 0 aliphatic carbocycles. The molecule has 0 saturated carbocycles. The number of esters is 1. The summed E-state index contributed by atoms with van der Waals surface area (Å²) in [7, 11) is 0. The first-order valence-corrected chi connectivity index (χ1v) is 8.91. The zero-order valence-corrected chi connectivity index (χ0v) is 15.4. The average Bonchev–Trinajstić information content (AvgIpc) is 2.66. The van der Waals surface area contributed by atoms with Gasteiger partial charge in [-0.1, -0.05) is 67.4 Å². The van der Waals surface area contributed by atoms with Gasteiger partial charge >= 0.3 is 5.97 Å². The molecule has 26 heavy (non-hydrogen) atoms. The van der Waals surface area contributed by atoms with Crippen molar-refractivity contribution >= 4 is 29.6 Å². The Morgan fingerprint density at radius 2 is 1.81 bits per heavy atom. The highest BCUT2D eigenvalue weighted by molar-refractivity contribution is 6.30. The Balaban J connectivity index is 1.83. The molecular formula is C21H22ClNO3. The fourth-order valence-electron chi connectivity index (χ4n) is 2.46. The lowest BCUT2D eigenvalue weighted by Gasteiger charge is -2.18. The second-order valence-corrected chi connectivity index (χ2v) is 6.25. The van der Waals surface area contributed by atoms with Crippen molar-refractivity contribution in [2.45, 2.75) is 25.8 Å². The summed E-state index contributed by atoms with van der Waals surface area (Å²) in [4.78, 5) is 23.8. The summed E-state index contributed by atoms with van der Waals surface area (Å²) in [6.45, 7) is 1.75. The van der Waals surface area contributed by atoms with Crippen molar-refractivity contribution in [2.24, 2.45) is 0 Å². The van der Waals surface area contributed by atoms with Crippen LogP contribution in [0.2, 0.25) is 5.02 Å². The number of carbonyl (C=O) groups is 2. The molecule has 2 aromatic rings. The van der Waals surface area contributed by atoms with Crippen molar-refractivity contribution in [3.63, 3.8) is 0 Å². The Hall–Kier alpha value is -2.59. The molecule has 0 radical (unpaired) electrons. The molecule has 0 aromatic heterocycles. The quantitative estimate of drug-likeness (QED) is 0.547. The summed E-state index contributed by atoms with van der Waals surface area (Å²) in [5.74, 6) is -0.887. The number of carbonyl (C=O) groups excluding carboxylic acids is 2. The lowest BCUT2D eigenvalue weighted by atomic mass is 10.0. The highest BCUT2D eigenvalue weighted by Crippen LogP contribution is 2.17. The Labute approximate surface area is 158 Å². The van der Waals surface area contributed by atoms with Crippen LogP contribution in [0, 0.1) is 0 Å². The van der Waals surface area contributed by atoms with Crippen LogP contribution < -0.4 is 5.32 Å². The molecule has 0 aliphatic rings. The number of hydrogen-bond donors (Lipinski definition) is 1. The van der Waals surface area contributed by atoms with E-state index >= 15 is 0 Å². The van der Waals surface area contributed by atoms with Gasteiger partial charge < -0.3 is 10.1 Å². The minimum absolute atomic E-state index is 0.0861. The second-order valence-electron chi connectivity index (χ2n) is 5.81. The van der Waals surface area contributed by atoms with Gasteiger partial charge in [0.25, 0.3) is 5.91 Å². The van der Waals surface area contributed by atoms with Crippen LogP contribution in [0.25, 0.3) is 6.08 Å². The summed E-state index contributed by atoms with van der Waals surface area (Å²) in [6.07, 6.45) is 4.65. The number of hydrogen-bond acceptors (Lipinski definition) is 3. The summed E-state index contributed by atoms with van der Waals surface area (Å²) < 4.78 is 5.00. The van der Waals surface area contributed by atoms with Crippen molar-refractivity contribution in [1.82, 2.24) is 5.32 Å². The standard InChI is InChI=1S/C21H22ClNO3/c1-2-6-19(17-7-4-3-5-8-17)23-20(24)15-26-21(25)14-11-16-9-12-18(22)13-10-16/h3-5,7-14,19H,2,6,15H2,1H3,(H,23,24)/b14-11+/t19-/m0/s1. The molecule has 1 atom stereocenters. The molecule has 4 nitrogen and oxygen atoms in total. The van der Waals surface area contributed by atoms with E-state index in [1.807, 2.05) is 30.3 Å². The first-order chi connectivity index (χ1) is 12.6. The molecule has 0 saturated heterocycles. The van der Waals surface area contributed by atoms with Gasteiger partial charge in [-0.2, -0.15) is 0 Å². The van der Waals surface area contributed by atoms with Crippen molar-refractivity contribution in [1.29, 1.82) is 0 Å². The molecular weight excluding hydrogens is 350 g/mol. The molecule has 1 amide bonds. The summed E-state index contributed by atoms with van der Waals surface area (Å²) in [5.41, 5.74) is 1.86. The lowest BCUT2D eigenvalue weighted by Crippen LogP contribution is -2.32. The molecule has 0 spiro atoms. The normalized spacial score (nSPS) is 11.9. The number of nitrogens with one attached hydrogen (secondary N) is 1. The van der Waals surface area contributed by atoms with Gasteiger partial charge in [0.05, 0.1) is 6.04 Å². The van der Waals surface area contributed by atoms with Crippen LogP contribution in [0.1, 0.15) is 36.9 Å². The molecule has 5 heteroatoms. The van der Waals surface area contributed by atoms with Crippen molar-refractivity contribution in [3.8, 4) is 0 Å². The van der Waals surface area contributed by atoms with Crippen molar-refractivity contribution in [3.05, 3.63) is 76.8 Å². The number of benzene rings is 2. The van der Waals surface area contributed by atoms with Crippen LogP contribution in [0.5, 0.6) is 0 Å². The smallest absolute Gasteiger partial charge is 0.331 e. The number of ether oxygens (including phenoxy) is 1. The molecule has 2 rings (SSSR count). The van der Waals surface area contributed by atoms with Crippen LogP contribution in [-0.4, -0.2) is 18.5 Å². The third kappa shape index (κ3) is 6.73. The Morgan fingerprint density at radius 1 is 1.12 bits per heavy atom. The van der Waals surface area contributed by atoms with E-state index in [1.165, 1.54) is 6.08 Å². The minimum atomic E-state index is -0.568. The molecule has 1 N–H and O–H groups in total. The van der Waals surface area contributed by atoms with E-state index in [0.717, 1.165) is 24.0 Å². The molecule has 136 valence electrons. The van der Waals surface area contributed by atoms with Crippen molar-refractivity contribution in [2.75, 3.05) is 6.61 Å². The van der Waals surface area contributed by atoms with E-state index in [2.05, 4.69) is 12.2 Å². The summed E-state index contributed by atoms with van der Waals surface area (Å²) in [6, 6.07) is 16.7. The summed E-state index contributed by atoms with van der Waals surface area (Å²) in [5, 5.41) is 3.54. The molecule has 0 bridgehead atoms. The lowest BCUT2D eigenvalue weighted by molar-refractivity contribution is -0.144. The van der Waals surface area contributed by atoms with Gasteiger partial charge in [-0.15, -0.1) is 0 Å². The number of halogens is 1. The highest BCUT2D eigenvalue weighted by Gasteiger charge is 2.14. The van der Waals surface area contributed by atoms with Crippen LogP contribution in [0.3, 0.4) is 0 Å². The first-order valence-electron chi connectivity index (χ1n) is 8.53. The Kier molecular flexibility index (Phi) is 7.90. The van der Waals surface area contributed by atoms with Crippen LogP contribution in [-0.2, 0) is 14.3 Å². The minimum Gasteiger partial charge on any atom is -0.452 e. The second kappa shape index (κ2) is 10.4. The molecule has 0 aliphatic heterocycles. The van der Waals surface area contributed by atoms with E-state index < -0.39 is 5.97 Å². The third-order valence-corrected chi connectivity index (χ3v) is 3.99. The molecule has 0 fully saturated rings. The van der Waals surface area contributed by atoms with Crippen LogP contribution in [0.4, 0.5) is 0 Å². The maximum Gasteiger partial charge on any atom is 0.331 e. The zero-order chi connectivity index (χ0) is 18.8. The van der Waals surface area contributed by atoms with E-state index in [-0.39, 0.29) is 18.6 Å². The predicted octanol–water partition coefficient (Wildman–Crippen LogP) is 4.55. The van der Waals surface area contributed by atoms with Gasteiger partial charge in [-0.25, -0.2) is 4.79 Å². The van der Waals surface area contributed by atoms with Crippen molar-refractivity contribution < 1.29 is 14.3 Å². The Bertz CT molecular complexity index is 742. The molecule has 0 unspecified atom stereocenters. The molecule has 2 aromatic carbocycles. The number of amides is 1.